The van der Waals surface area contributed by atoms with Crippen LogP contribution in [0.25, 0.3) is 0 Å². The lowest BCUT2D eigenvalue weighted by molar-refractivity contribution is 0.208. The van der Waals surface area contributed by atoms with Crippen LogP contribution in [0, 0.1) is 11.3 Å². The molecule has 4 nitrogen and oxygen atoms in total. The highest BCUT2D eigenvalue weighted by Crippen LogP contribution is 2.33. The van der Waals surface area contributed by atoms with Gasteiger partial charge in [0.1, 0.15) is 0 Å². The highest BCUT2D eigenvalue weighted by molar-refractivity contribution is 7.07. The highest BCUT2D eigenvalue weighted by atomic mass is 32.1. The van der Waals surface area contributed by atoms with Crippen molar-refractivity contribution in [2.24, 2.45) is 11.3 Å². The van der Waals surface area contributed by atoms with Gasteiger partial charge in [0.2, 0.25) is 0 Å². The summed E-state index contributed by atoms with van der Waals surface area (Å²) in [6, 6.07) is 0. The summed E-state index contributed by atoms with van der Waals surface area (Å²) in [5.74, 6) is 0.673. The summed E-state index contributed by atoms with van der Waals surface area (Å²) in [7, 11) is 0. The third kappa shape index (κ3) is 2.97. The Morgan fingerprint density at radius 3 is 2.94 bits per heavy atom. The summed E-state index contributed by atoms with van der Waals surface area (Å²) in [6.07, 6.45) is 1.23. The van der Waals surface area contributed by atoms with Crippen molar-refractivity contribution in [3.8, 4) is 0 Å². The second kappa shape index (κ2) is 5.33. The molecule has 1 fully saturated rings. The van der Waals surface area contributed by atoms with Gasteiger partial charge in [-0.3, -0.25) is 4.79 Å². The molecule has 0 aromatic carbocycles. The lowest BCUT2D eigenvalue weighted by Gasteiger charge is -2.33. The molecule has 1 aliphatic rings. The molecule has 0 spiro atoms. The maximum atomic E-state index is 11.0. The van der Waals surface area contributed by atoms with Crippen molar-refractivity contribution in [1.29, 1.82) is 0 Å². The van der Waals surface area contributed by atoms with Gasteiger partial charge in [0.15, 0.2) is 0 Å². The van der Waals surface area contributed by atoms with Crippen LogP contribution >= 0.6 is 11.3 Å². The Kier molecular flexibility index (Phi) is 4.01. The quantitative estimate of drug-likeness (QED) is 0.740. The maximum absolute atomic E-state index is 11.0. The molecule has 2 rings (SSSR count). The van der Waals surface area contributed by atoms with Crippen molar-refractivity contribution in [2.75, 3.05) is 19.6 Å². The molecule has 1 aromatic rings. The van der Waals surface area contributed by atoms with E-state index in [-0.39, 0.29) is 4.87 Å². The van der Waals surface area contributed by atoms with Gasteiger partial charge < -0.3 is 15.6 Å². The fourth-order valence-corrected chi connectivity index (χ4v) is 3.04. The first-order valence-electron chi connectivity index (χ1n) is 6.20. The number of rotatable bonds is 5. The largest absolute Gasteiger partial charge is 0.316 e. The van der Waals surface area contributed by atoms with Crippen LogP contribution in [0.5, 0.6) is 0 Å². The van der Waals surface area contributed by atoms with E-state index in [1.54, 1.807) is 0 Å². The minimum Gasteiger partial charge on any atom is -0.316 e. The first-order chi connectivity index (χ1) is 8.12. The fourth-order valence-electron chi connectivity index (χ4n) is 2.46. The third-order valence-corrected chi connectivity index (χ3v) is 4.58. The van der Waals surface area contributed by atoms with Crippen LogP contribution in [0.3, 0.4) is 0 Å². The van der Waals surface area contributed by atoms with Crippen LogP contribution in [0.2, 0.25) is 0 Å². The average Bonchev–Trinajstić information content (AvgIpc) is 2.89. The summed E-state index contributed by atoms with van der Waals surface area (Å²) in [5, 5.41) is 8.82. The van der Waals surface area contributed by atoms with Crippen molar-refractivity contribution in [1.82, 2.24) is 15.6 Å². The van der Waals surface area contributed by atoms with Gasteiger partial charge in [0, 0.05) is 30.7 Å². The second-order valence-electron chi connectivity index (χ2n) is 5.22. The summed E-state index contributed by atoms with van der Waals surface area (Å²) in [4.78, 5) is 13.9. The number of nitrogens with one attached hydrogen (secondary N) is 3. The number of H-pyrrole nitrogens is 1. The molecule has 17 heavy (non-hydrogen) atoms. The van der Waals surface area contributed by atoms with Crippen LogP contribution in [0.4, 0.5) is 0 Å². The zero-order valence-corrected chi connectivity index (χ0v) is 11.3. The van der Waals surface area contributed by atoms with E-state index in [2.05, 4.69) is 29.5 Å². The van der Waals surface area contributed by atoms with Gasteiger partial charge in [-0.1, -0.05) is 25.2 Å². The Morgan fingerprint density at radius 1 is 1.59 bits per heavy atom. The van der Waals surface area contributed by atoms with Crippen molar-refractivity contribution in [3.63, 3.8) is 0 Å². The Labute approximate surface area is 106 Å². The first kappa shape index (κ1) is 12.8. The molecule has 1 aromatic heterocycles. The number of thiazole rings is 1. The molecule has 0 aliphatic carbocycles. The molecule has 96 valence electrons. The standard InChI is InChI=1S/C12H21N3OS/c1-9(2)12(3-4-13-7-12)8-14-5-10-6-17-11(16)15-10/h6,9,13-14H,3-5,7-8H2,1-2H3,(H,15,16). The number of aromatic nitrogens is 1. The molecule has 0 amide bonds. The van der Waals surface area contributed by atoms with E-state index in [0.29, 0.717) is 11.3 Å². The predicted molar refractivity (Wildman–Crippen MR) is 71.4 cm³/mol. The summed E-state index contributed by atoms with van der Waals surface area (Å²) >= 11 is 1.23. The van der Waals surface area contributed by atoms with Crippen LogP contribution in [0.15, 0.2) is 10.2 Å². The number of hydrogen-bond acceptors (Lipinski definition) is 4. The first-order valence-corrected chi connectivity index (χ1v) is 7.08. The van der Waals surface area contributed by atoms with Crippen LogP contribution in [0.1, 0.15) is 26.0 Å². The molecule has 0 bridgehead atoms. The molecular formula is C12H21N3OS. The van der Waals surface area contributed by atoms with Crippen molar-refractivity contribution < 1.29 is 0 Å². The van der Waals surface area contributed by atoms with Gasteiger partial charge in [0.05, 0.1) is 0 Å². The molecule has 1 atom stereocenters. The zero-order chi connectivity index (χ0) is 12.3. The van der Waals surface area contributed by atoms with Crippen molar-refractivity contribution in [3.05, 3.63) is 20.7 Å². The van der Waals surface area contributed by atoms with Crippen molar-refractivity contribution >= 4 is 11.3 Å². The Balaban J connectivity index is 1.86. The van der Waals surface area contributed by atoms with Crippen LogP contribution < -0.4 is 15.5 Å². The number of aromatic amines is 1. The Hall–Kier alpha value is -0.650. The highest BCUT2D eigenvalue weighted by Gasteiger charge is 2.36. The van der Waals surface area contributed by atoms with E-state index < -0.39 is 0 Å². The number of hydrogen-bond donors (Lipinski definition) is 3. The zero-order valence-electron chi connectivity index (χ0n) is 10.5. The topological polar surface area (TPSA) is 56.9 Å². The molecule has 0 radical (unpaired) electrons. The van der Waals surface area contributed by atoms with Gasteiger partial charge >= 0.3 is 4.87 Å². The fraction of sp³-hybridized carbons (Fsp3) is 0.750. The molecule has 0 saturated carbocycles. The third-order valence-electron chi connectivity index (χ3n) is 3.86. The van der Waals surface area contributed by atoms with Gasteiger partial charge in [0.25, 0.3) is 0 Å². The second-order valence-corrected chi connectivity index (χ2v) is 6.06. The van der Waals surface area contributed by atoms with Gasteiger partial charge in [-0.2, -0.15) is 0 Å². The Morgan fingerprint density at radius 2 is 2.41 bits per heavy atom. The monoisotopic (exact) mass is 255 g/mol. The molecule has 1 saturated heterocycles. The van der Waals surface area contributed by atoms with Crippen LogP contribution in [-0.4, -0.2) is 24.6 Å². The lowest BCUT2D eigenvalue weighted by atomic mass is 9.76. The summed E-state index contributed by atoms with van der Waals surface area (Å²) in [5.41, 5.74) is 1.36. The maximum Gasteiger partial charge on any atom is 0.304 e. The molecule has 1 aliphatic heterocycles. The SMILES string of the molecule is CC(C)C1(CNCc2csc(=O)[nH]2)CCNC1. The van der Waals surface area contributed by atoms with E-state index in [1.807, 2.05) is 5.38 Å². The smallest absolute Gasteiger partial charge is 0.304 e. The molecule has 3 N–H and O–H groups in total. The van der Waals surface area contributed by atoms with E-state index in [9.17, 15) is 4.79 Å². The molecule has 1 unspecified atom stereocenters. The molecule has 5 heteroatoms. The van der Waals surface area contributed by atoms with Crippen LogP contribution in [-0.2, 0) is 6.54 Å². The minimum atomic E-state index is 0.0305. The van der Waals surface area contributed by atoms with Gasteiger partial charge in [-0.15, -0.1) is 0 Å². The minimum absolute atomic E-state index is 0.0305. The summed E-state index contributed by atoms with van der Waals surface area (Å²) < 4.78 is 0. The van der Waals surface area contributed by atoms with E-state index in [0.717, 1.165) is 31.9 Å². The van der Waals surface area contributed by atoms with Crippen molar-refractivity contribution in [2.45, 2.75) is 26.8 Å². The lowest BCUT2D eigenvalue weighted by Crippen LogP contribution is -2.40. The summed E-state index contributed by atoms with van der Waals surface area (Å²) in [6.45, 7) is 8.57. The normalized spacial score (nSPS) is 24.6. The molecule has 2 heterocycles. The Bertz CT molecular complexity index is 404. The molecular weight excluding hydrogens is 234 g/mol. The van der Waals surface area contributed by atoms with E-state index in [4.69, 9.17) is 0 Å². The van der Waals surface area contributed by atoms with Gasteiger partial charge in [-0.25, -0.2) is 0 Å². The average molecular weight is 255 g/mol. The van der Waals surface area contributed by atoms with E-state index in [1.165, 1.54) is 17.8 Å². The predicted octanol–water partition coefficient (Wildman–Crippen LogP) is 1.16. The van der Waals surface area contributed by atoms with Gasteiger partial charge in [-0.05, 0) is 24.3 Å². The van der Waals surface area contributed by atoms with E-state index >= 15 is 0 Å².